The van der Waals surface area contributed by atoms with Gasteiger partial charge in [0.2, 0.25) is 0 Å². The summed E-state index contributed by atoms with van der Waals surface area (Å²) in [5.41, 5.74) is 9.87. The van der Waals surface area contributed by atoms with Gasteiger partial charge >= 0.3 is 0 Å². The molecule has 0 heterocycles. The normalized spacial score (nSPS) is 18.3. The van der Waals surface area contributed by atoms with Gasteiger partial charge in [0.15, 0.2) is 0 Å². The zero-order chi connectivity index (χ0) is 27.9. The van der Waals surface area contributed by atoms with Crippen molar-refractivity contribution >= 4 is 28.0 Å². The maximum absolute atomic E-state index is 4.39. The van der Waals surface area contributed by atoms with Gasteiger partial charge in [-0.05, 0) is 98.5 Å². The Morgan fingerprint density at radius 1 is 0.725 bits per heavy atom. The van der Waals surface area contributed by atoms with Gasteiger partial charge in [-0.25, -0.2) is 0 Å². The van der Waals surface area contributed by atoms with Crippen molar-refractivity contribution in [3.63, 3.8) is 0 Å². The lowest BCUT2D eigenvalue weighted by atomic mass is 9.92. The third-order valence-corrected chi connectivity index (χ3v) is 7.63. The Balaban J connectivity index is 1.61. The minimum Gasteiger partial charge on any atom is -0.0991 e. The summed E-state index contributed by atoms with van der Waals surface area (Å²) in [4.78, 5) is 0. The summed E-state index contributed by atoms with van der Waals surface area (Å²) in [7, 11) is 0. The molecule has 5 rings (SSSR count). The van der Waals surface area contributed by atoms with E-state index in [1.807, 2.05) is 6.08 Å². The van der Waals surface area contributed by atoms with Gasteiger partial charge in [-0.2, -0.15) is 0 Å². The number of rotatable bonds is 6. The molecule has 0 N–H and O–H groups in total. The smallest absolute Gasteiger partial charge is 0.00824 e. The van der Waals surface area contributed by atoms with Gasteiger partial charge in [0.1, 0.15) is 0 Å². The van der Waals surface area contributed by atoms with E-state index in [1.54, 1.807) is 6.08 Å². The summed E-state index contributed by atoms with van der Waals surface area (Å²) in [6.45, 7) is 12.7. The van der Waals surface area contributed by atoms with Crippen LogP contribution in [0.5, 0.6) is 0 Å². The lowest BCUT2D eigenvalue weighted by molar-refractivity contribution is 1.27. The second-order valence-corrected chi connectivity index (χ2v) is 10.3. The van der Waals surface area contributed by atoms with Gasteiger partial charge in [-0.15, -0.1) is 0 Å². The lowest BCUT2D eigenvalue weighted by Crippen LogP contribution is -2.29. The molecule has 0 aliphatic heterocycles. The number of fused-ring (bicyclic) bond motifs is 2. The molecule has 0 spiro atoms. The van der Waals surface area contributed by atoms with Crippen LogP contribution in [0, 0.1) is 6.92 Å². The molecule has 0 fully saturated rings. The molecule has 0 unspecified atom stereocenters. The van der Waals surface area contributed by atoms with E-state index < -0.39 is 0 Å². The minimum absolute atomic E-state index is 0.826. The Labute approximate surface area is 238 Å². The Morgan fingerprint density at radius 2 is 1.35 bits per heavy atom. The fourth-order valence-corrected chi connectivity index (χ4v) is 5.43. The molecule has 196 valence electrons. The molecule has 0 atom stereocenters. The molecule has 0 aromatic heterocycles. The van der Waals surface area contributed by atoms with E-state index in [0.29, 0.717) is 0 Å². The van der Waals surface area contributed by atoms with Crippen molar-refractivity contribution in [1.82, 2.24) is 0 Å². The Kier molecular flexibility index (Phi) is 8.38. The number of benzene rings is 4. The number of aryl methyl sites for hydroxylation is 1. The molecule has 4 aromatic carbocycles. The van der Waals surface area contributed by atoms with Crippen molar-refractivity contribution in [3.8, 4) is 11.1 Å². The van der Waals surface area contributed by atoms with Crippen LogP contribution in [0.25, 0.3) is 39.1 Å². The molecule has 0 amide bonds. The predicted octanol–water partition coefficient (Wildman–Crippen LogP) is 9.42. The molecule has 0 saturated carbocycles. The highest BCUT2D eigenvalue weighted by atomic mass is 14.1. The standard InChI is InChI=1S/C40H36/c1-5-6-15-29(2)37-18-9-7-8-10-19-38(40-21-14-13-20-39(37)40)31(4)27-33-23-25-35(26-30(33)3)36-24-22-32-16-11-12-17-34(32)28-36/h5-17,20-28H,1-2,18-19H2,3-4H3/b9-7-,10-8-,15-6-,31-27+,39-37+,40-38+. The summed E-state index contributed by atoms with van der Waals surface area (Å²) in [5.74, 6) is 0. The zero-order valence-corrected chi connectivity index (χ0v) is 23.5. The van der Waals surface area contributed by atoms with Crippen molar-refractivity contribution in [1.29, 1.82) is 0 Å². The highest BCUT2D eigenvalue weighted by molar-refractivity contribution is 5.87. The van der Waals surface area contributed by atoms with E-state index in [0.717, 1.165) is 18.4 Å². The van der Waals surface area contributed by atoms with Crippen molar-refractivity contribution in [2.75, 3.05) is 0 Å². The topological polar surface area (TPSA) is 0 Å². The molecule has 0 bridgehead atoms. The first kappa shape index (κ1) is 26.9. The Hall–Kier alpha value is -4.68. The van der Waals surface area contributed by atoms with Crippen LogP contribution in [-0.4, -0.2) is 0 Å². The van der Waals surface area contributed by atoms with E-state index in [-0.39, 0.29) is 0 Å². The minimum atomic E-state index is 0.826. The van der Waals surface area contributed by atoms with Gasteiger partial charge in [0.25, 0.3) is 0 Å². The maximum atomic E-state index is 4.39. The lowest BCUT2D eigenvalue weighted by Gasteiger charge is -2.13. The van der Waals surface area contributed by atoms with Crippen LogP contribution in [0.1, 0.15) is 30.9 Å². The maximum Gasteiger partial charge on any atom is -0.00824 e. The van der Waals surface area contributed by atoms with Crippen LogP contribution in [0.2, 0.25) is 0 Å². The van der Waals surface area contributed by atoms with Crippen molar-refractivity contribution < 1.29 is 0 Å². The number of hydrogen-bond acceptors (Lipinski definition) is 0. The van der Waals surface area contributed by atoms with Crippen LogP contribution in [0.3, 0.4) is 0 Å². The second kappa shape index (κ2) is 12.5. The van der Waals surface area contributed by atoms with Crippen LogP contribution in [0.15, 0.2) is 152 Å². The highest BCUT2D eigenvalue weighted by Gasteiger charge is 2.09. The monoisotopic (exact) mass is 516 g/mol. The molecule has 1 aliphatic rings. The fourth-order valence-electron chi connectivity index (χ4n) is 5.43. The molecule has 0 nitrogen and oxygen atoms in total. The summed E-state index contributed by atoms with van der Waals surface area (Å²) in [5, 5.41) is 5.05. The number of allylic oxidation sites excluding steroid dienone is 9. The molecular formula is C40H36. The first-order valence-corrected chi connectivity index (χ1v) is 13.9. The van der Waals surface area contributed by atoms with Gasteiger partial charge in [-0.3, -0.25) is 0 Å². The third kappa shape index (κ3) is 5.98. The van der Waals surface area contributed by atoms with E-state index in [1.165, 1.54) is 60.2 Å². The average Bonchev–Trinajstić information content (AvgIpc) is 2.98. The van der Waals surface area contributed by atoms with Crippen molar-refractivity contribution in [2.45, 2.75) is 26.7 Å². The molecular weight excluding hydrogens is 480 g/mol. The first-order chi connectivity index (χ1) is 19.5. The zero-order valence-electron chi connectivity index (χ0n) is 23.5. The molecule has 40 heavy (non-hydrogen) atoms. The number of hydrogen-bond donors (Lipinski definition) is 0. The predicted molar refractivity (Wildman–Crippen MR) is 176 cm³/mol. The van der Waals surface area contributed by atoms with Crippen LogP contribution >= 0.6 is 0 Å². The van der Waals surface area contributed by atoms with Crippen LogP contribution < -0.4 is 10.4 Å². The molecule has 0 saturated heterocycles. The molecule has 0 heteroatoms. The summed E-state index contributed by atoms with van der Waals surface area (Å²) < 4.78 is 0. The first-order valence-electron chi connectivity index (χ1n) is 13.9. The van der Waals surface area contributed by atoms with Crippen LogP contribution in [-0.2, 0) is 0 Å². The largest absolute Gasteiger partial charge is 0.0991 e. The van der Waals surface area contributed by atoms with Gasteiger partial charge in [-0.1, -0.05) is 141 Å². The van der Waals surface area contributed by atoms with Crippen LogP contribution in [0.4, 0.5) is 0 Å². The van der Waals surface area contributed by atoms with E-state index in [2.05, 4.69) is 148 Å². The summed E-state index contributed by atoms with van der Waals surface area (Å²) in [6.07, 6.45) is 18.6. The average molecular weight is 517 g/mol. The Morgan fingerprint density at radius 3 is 2.08 bits per heavy atom. The van der Waals surface area contributed by atoms with Crippen molar-refractivity contribution in [2.24, 2.45) is 0 Å². The third-order valence-electron chi connectivity index (χ3n) is 7.63. The van der Waals surface area contributed by atoms with E-state index >= 15 is 0 Å². The van der Waals surface area contributed by atoms with Gasteiger partial charge in [0, 0.05) is 0 Å². The van der Waals surface area contributed by atoms with Crippen molar-refractivity contribution in [3.05, 3.63) is 173 Å². The molecule has 1 aliphatic carbocycles. The quantitative estimate of drug-likeness (QED) is 0.224. The fraction of sp³-hybridized carbons (Fsp3) is 0.100. The van der Waals surface area contributed by atoms with Gasteiger partial charge in [0.05, 0.1) is 0 Å². The van der Waals surface area contributed by atoms with E-state index in [4.69, 9.17) is 0 Å². The van der Waals surface area contributed by atoms with Gasteiger partial charge < -0.3 is 0 Å². The van der Waals surface area contributed by atoms with E-state index in [9.17, 15) is 0 Å². The molecule has 4 aromatic rings. The Bertz CT molecular complexity index is 1830. The highest BCUT2D eigenvalue weighted by Crippen LogP contribution is 2.28. The SMILES string of the molecule is C=C/C=C\C(=C)\C1=c2/cccc/c2=C(\C(C)=C\c2ccc(-c3ccc4ccccc4c3)cc2C)C/C=C\C=C/C1. The molecule has 0 radical (unpaired) electrons. The second-order valence-electron chi connectivity index (χ2n) is 10.3. The summed E-state index contributed by atoms with van der Waals surface area (Å²) >= 11 is 0. The summed E-state index contributed by atoms with van der Waals surface area (Å²) in [6, 6.07) is 30.8.